The predicted octanol–water partition coefficient (Wildman–Crippen LogP) is 5.15. The second-order valence-electron chi connectivity index (χ2n) is 8.39. The van der Waals surface area contributed by atoms with Crippen molar-refractivity contribution >= 4 is 22.7 Å². The quantitative estimate of drug-likeness (QED) is 0.811. The molecule has 2 aromatic carbocycles. The highest BCUT2D eigenvalue weighted by atomic mass is 16.1. The van der Waals surface area contributed by atoms with E-state index in [1.807, 2.05) is 0 Å². The van der Waals surface area contributed by atoms with E-state index in [1.165, 1.54) is 51.8 Å². The summed E-state index contributed by atoms with van der Waals surface area (Å²) in [5, 5.41) is 3.12. The van der Waals surface area contributed by atoms with Crippen LogP contribution in [0.5, 0.6) is 0 Å². The van der Waals surface area contributed by atoms with Crippen molar-refractivity contribution in [3.8, 4) is 0 Å². The second kappa shape index (κ2) is 5.08. The zero-order valence-electron chi connectivity index (χ0n) is 14.9. The Balaban J connectivity index is 1.64. The molecule has 0 bridgehead atoms. The van der Waals surface area contributed by atoms with Gasteiger partial charge in [-0.25, -0.2) is 0 Å². The fraction of sp³-hybridized carbons (Fsp3) is 0.348. The summed E-state index contributed by atoms with van der Waals surface area (Å²) >= 11 is 0. The van der Waals surface area contributed by atoms with E-state index in [-0.39, 0.29) is 5.91 Å². The van der Waals surface area contributed by atoms with Gasteiger partial charge in [-0.05, 0) is 78.0 Å². The van der Waals surface area contributed by atoms with Crippen LogP contribution in [0, 0.1) is 12.3 Å². The van der Waals surface area contributed by atoms with Gasteiger partial charge < -0.3 is 5.32 Å². The number of carbonyl (C=O) groups is 1. The van der Waals surface area contributed by atoms with Crippen LogP contribution in [0.3, 0.4) is 0 Å². The molecule has 2 heteroatoms. The van der Waals surface area contributed by atoms with E-state index in [0.29, 0.717) is 11.8 Å². The molecule has 2 nitrogen and oxygen atoms in total. The van der Waals surface area contributed by atoms with Crippen molar-refractivity contribution in [1.82, 2.24) is 0 Å². The Hall–Kier alpha value is -2.35. The average molecular weight is 329 g/mol. The van der Waals surface area contributed by atoms with Crippen LogP contribution < -0.4 is 5.32 Å². The Labute approximate surface area is 149 Å². The molecule has 2 aromatic rings. The summed E-state index contributed by atoms with van der Waals surface area (Å²) in [6.07, 6.45) is 5.23. The maximum atomic E-state index is 12.5. The highest BCUT2D eigenvalue weighted by molar-refractivity contribution is 6.12. The summed E-state index contributed by atoms with van der Waals surface area (Å²) in [4.78, 5) is 12.5. The largest absolute Gasteiger partial charge is 0.325 e. The summed E-state index contributed by atoms with van der Waals surface area (Å²) in [6, 6.07) is 13.3. The standard InChI is InChI=1S/C23H23NO/c1-14-3-5-16-11-18-19(17(16)9-14)12-22(25)24-21-6-4-15(10-20(18)21)13-23(2)7-8-23/h3-6,9-10H,7-8,11-13H2,1-2H3,(H,24,25). The van der Waals surface area contributed by atoms with Crippen LogP contribution in [0.25, 0.3) is 11.1 Å². The van der Waals surface area contributed by atoms with Crippen LogP contribution >= 0.6 is 0 Å². The molecule has 1 N–H and O–H groups in total. The van der Waals surface area contributed by atoms with E-state index in [1.54, 1.807) is 0 Å². The molecule has 126 valence electrons. The molecular formula is C23H23NO. The van der Waals surface area contributed by atoms with Crippen LogP contribution in [0.1, 0.15) is 54.0 Å². The number of hydrogen-bond donors (Lipinski definition) is 1. The minimum Gasteiger partial charge on any atom is -0.325 e. The molecule has 0 atom stereocenters. The van der Waals surface area contributed by atoms with Crippen LogP contribution in [0.2, 0.25) is 0 Å². The van der Waals surface area contributed by atoms with Crippen molar-refractivity contribution in [3.05, 3.63) is 64.2 Å². The molecule has 1 saturated carbocycles. The van der Waals surface area contributed by atoms with Crippen LogP contribution in [-0.2, 0) is 17.6 Å². The Morgan fingerprint density at radius 1 is 1.00 bits per heavy atom. The summed E-state index contributed by atoms with van der Waals surface area (Å²) in [5.74, 6) is 0.0995. The zero-order valence-corrected chi connectivity index (χ0v) is 14.9. The first kappa shape index (κ1) is 14.9. The molecule has 1 heterocycles. The summed E-state index contributed by atoms with van der Waals surface area (Å²) in [7, 11) is 0. The van der Waals surface area contributed by atoms with Crippen LogP contribution in [0.15, 0.2) is 36.4 Å². The first-order chi connectivity index (χ1) is 12.0. The number of hydrogen-bond acceptors (Lipinski definition) is 1. The SMILES string of the molecule is Cc1ccc2c(c1)C1=C(C2)c2cc(CC3(C)CC3)ccc2NC(=O)C1. The van der Waals surface area contributed by atoms with E-state index in [2.05, 4.69) is 55.6 Å². The third-order valence-corrected chi connectivity index (χ3v) is 6.08. The van der Waals surface area contributed by atoms with Gasteiger partial charge in [0.1, 0.15) is 0 Å². The number of amides is 1. The van der Waals surface area contributed by atoms with E-state index in [0.717, 1.165) is 18.5 Å². The fourth-order valence-corrected chi connectivity index (χ4v) is 4.34. The predicted molar refractivity (Wildman–Crippen MR) is 102 cm³/mol. The van der Waals surface area contributed by atoms with Gasteiger partial charge in [0.15, 0.2) is 0 Å². The minimum absolute atomic E-state index is 0.0995. The monoisotopic (exact) mass is 329 g/mol. The van der Waals surface area contributed by atoms with Gasteiger partial charge in [-0.3, -0.25) is 4.79 Å². The smallest absolute Gasteiger partial charge is 0.228 e. The molecule has 0 aromatic heterocycles. The maximum Gasteiger partial charge on any atom is 0.228 e. The van der Waals surface area contributed by atoms with Crippen molar-refractivity contribution in [2.45, 2.75) is 46.0 Å². The number of anilines is 1. The molecule has 5 rings (SSSR count). The van der Waals surface area contributed by atoms with Crippen molar-refractivity contribution < 1.29 is 4.79 Å². The second-order valence-corrected chi connectivity index (χ2v) is 8.39. The Kier molecular flexibility index (Phi) is 3.03. The fourth-order valence-electron chi connectivity index (χ4n) is 4.34. The lowest BCUT2D eigenvalue weighted by Crippen LogP contribution is -2.11. The lowest BCUT2D eigenvalue weighted by Gasteiger charge is -2.14. The van der Waals surface area contributed by atoms with Gasteiger partial charge in [-0.1, -0.05) is 36.8 Å². The van der Waals surface area contributed by atoms with E-state index < -0.39 is 0 Å². The number of fused-ring (bicyclic) bond motifs is 4. The molecule has 0 saturated heterocycles. The summed E-state index contributed by atoms with van der Waals surface area (Å²) < 4.78 is 0. The van der Waals surface area contributed by atoms with Crippen LogP contribution in [-0.4, -0.2) is 5.91 Å². The Bertz CT molecular complexity index is 947. The number of allylic oxidation sites excluding steroid dienone is 1. The molecule has 25 heavy (non-hydrogen) atoms. The third-order valence-electron chi connectivity index (χ3n) is 6.08. The first-order valence-electron chi connectivity index (χ1n) is 9.26. The first-order valence-corrected chi connectivity index (χ1v) is 9.26. The van der Waals surface area contributed by atoms with Crippen molar-refractivity contribution in [1.29, 1.82) is 0 Å². The van der Waals surface area contributed by atoms with Crippen molar-refractivity contribution in [2.75, 3.05) is 5.32 Å². The van der Waals surface area contributed by atoms with Gasteiger partial charge in [0, 0.05) is 11.3 Å². The van der Waals surface area contributed by atoms with E-state index in [9.17, 15) is 4.79 Å². The highest BCUT2D eigenvalue weighted by Crippen LogP contribution is 2.49. The lowest BCUT2D eigenvalue weighted by atomic mass is 9.92. The topological polar surface area (TPSA) is 29.1 Å². The number of carbonyl (C=O) groups excluding carboxylic acids is 1. The zero-order chi connectivity index (χ0) is 17.2. The maximum absolute atomic E-state index is 12.5. The molecule has 2 aliphatic carbocycles. The highest BCUT2D eigenvalue weighted by Gasteiger charge is 2.37. The van der Waals surface area contributed by atoms with Crippen LogP contribution in [0.4, 0.5) is 5.69 Å². The van der Waals surface area contributed by atoms with Crippen molar-refractivity contribution in [2.24, 2.45) is 5.41 Å². The third kappa shape index (κ3) is 2.52. The molecule has 0 spiro atoms. The Morgan fingerprint density at radius 2 is 1.80 bits per heavy atom. The lowest BCUT2D eigenvalue weighted by molar-refractivity contribution is -0.115. The van der Waals surface area contributed by atoms with E-state index in [4.69, 9.17) is 0 Å². The molecule has 0 unspecified atom stereocenters. The van der Waals surface area contributed by atoms with Gasteiger partial charge in [-0.2, -0.15) is 0 Å². The minimum atomic E-state index is 0.0995. The Morgan fingerprint density at radius 3 is 2.60 bits per heavy atom. The van der Waals surface area contributed by atoms with Crippen molar-refractivity contribution in [3.63, 3.8) is 0 Å². The molecule has 0 radical (unpaired) electrons. The molecule has 1 aliphatic heterocycles. The molecule has 1 amide bonds. The normalized spacial score (nSPS) is 19.7. The van der Waals surface area contributed by atoms with Gasteiger partial charge >= 0.3 is 0 Å². The van der Waals surface area contributed by atoms with Gasteiger partial charge in [0.2, 0.25) is 5.91 Å². The molecule has 3 aliphatic rings. The number of aryl methyl sites for hydroxylation is 1. The van der Waals surface area contributed by atoms with E-state index >= 15 is 0 Å². The molecular weight excluding hydrogens is 306 g/mol. The van der Waals surface area contributed by atoms with Gasteiger partial charge in [0.05, 0.1) is 6.42 Å². The summed E-state index contributed by atoms with van der Waals surface area (Å²) in [6.45, 7) is 4.50. The number of nitrogens with one attached hydrogen (secondary N) is 1. The number of benzene rings is 2. The summed E-state index contributed by atoms with van der Waals surface area (Å²) in [5.41, 5.74) is 10.6. The van der Waals surface area contributed by atoms with Gasteiger partial charge in [-0.15, -0.1) is 0 Å². The number of rotatable bonds is 2. The van der Waals surface area contributed by atoms with Gasteiger partial charge in [0.25, 0.3) is 0 Å². The molecule has 1 fully saturated rings. The average Bonchev–Trinajstić information content (AvgIpc) is 3.23.